The standard InChI is InChI=1S/C58H66P2/c1-55(2,3)43-37-44(56(4,5)6)40-51(39-43)59(47-27-17-13-18-28-47,48-29-19-14-20-30-48)53-35-25-26-36-54(53)60(49-31-21-15-22-32-49,50-33-23-16-24-34-50)52-41-45(57(7,8)9)38-46(42-52)58(10,11)12/h13-42H,1-12H3/q+2. The molecule has 0 spiro atoms. The maximum absolute atomic E-state index is 2.65. The van der Waals surface area contributed by atoms with Gasteiger partial charge in [0.2, 0.25) is 0 Å². The second-order valence-electron chi connectivity index (χ2n) is 20.7. The minimum atomic E-state index is -2.65. The summed E-state index contributed by atoms with van der Waals surface area (Å²) in [4.78, 5) is 0. The van der Waals surface area contributed by atoms with Crippen molar-refractivity contribution >= 4 is 57.0 Å². The van der Waals surface area contributed by atoms with Gasteiger partial charge in [0, 0.05) is 0 Å². The first-order chi connectivity index (χ1) is 28.3. The second kappa shape index (κ2) is 16.4. The van der Waals surface area contributed by atoms with E-state index in [0.29, 0.717) is 0 Å². The summed E-state index contributed by atoms with van der Waals surface area (Å²) < 4.78 is 0. The Morgan fingerprint density at radius 3 is 0.633 bits per heavy atom. The normalized spacial score (nSPS) is 13.0. The molecule has 0 saturated heterocycles. The van der Waals surface area contributed by atoms with Crippen LogP contribution in [0.5, 0.6) is 0 Å². The van der Waals surface area contributed by atoms with Gasteiger partial charge in [-0.3, -0.25) is 0 Å². The minimum absolute atomic E-state index is 0.0554. The average Bonchev–Trinajstić information content (AvgIpc) is 3.22. The molecule has 2 heteroatoms. The van der Waals surface area contributed by atoms with Gasteiger partial charge in [-0.1, -0.05) is 180 Å². The van der Waals surface area contributed by atoms with Crippen molar-refractivity contribution in [3.05, 3.63) is 204 Å². The molecule has 60 heavy (non-hydrogen) atoms. The smallest absolute Gasteiger partial charge is 0.0620 e. The lowest BCUT2D eigenvalue weighted by molar-refractivity contribution is 0.569. The fourth-order valence-electron chi connectivity index (χ4n) is 8.71. The van der Waals surface area contributed by atoms with Crippen LogP contribution in [0, 0.1) is 0 Å². The quantitative estimate of drug-likeness (QED) is 0.134. The first-order valence-corrected chi connectivity index (χ1v) is 25.3. The van der Waals surface area contributed by atoms with E-state index in [1.807, 2.05) is 0 Å². The first kappa shape index (κ1) is 43.5. The van der Waals surface area contributed by atoms with Crippen LogP contribution in [0.4, 0.5) is 0 Å². The summed E-state index contributed by atoms with van der Waals surface area (Å²) in [5.74, 6) is 0. The Labute approximate surface area is 364 Å². The Kier molecular flexibility index (Phi) is 11.9. The zero-order chi connectivity index (χ0) is 43.1. The molecule has 0 saturated carbocycles. The van der Waals surface area contributed by atoms with Crippen LogP contribution >= 0.6 is 14.5 Å². The van der Waals surface area contributed by atoms with Crippen LogP contribution < -0.4 is 42.4 Å². The van der Waals surface area contributed by atoms with Gasteiger partial charge in [-0.25, -0.2) is 0 Å². The van der Waals surface area contributed by atoms with E-state index in [1.54, 1.807) is 0 Å². The van der Waals surface area contributed by atoms with Crippen molar-refractivity contribution < 1.29 is 0 Å². The van der Waals surface area contributed by atoms with E-state index >= 15 is 0 Å². The first-order valence-electron chi connectivity index (χ1n) is 21.7. The van der Waals surface area contributed by atoms with E-state index in [-0.39, 0.29) is 21.7 Å². The van der Waals surface area contributed by atoms with Crippen molar-refractivity contribution in [1.29, 1.82) is 0 Å². The summed E-state index contributed by atoms with van der Waals surface area (Å²) in [5.41, 5.74) is 5.27. The number of hydrogen-bond donors (Lipinski definition) is 0. The van der Waals surface area contributed by atoms with Crippen LogP contribution in [0.25, 0.3) is 0 Å². The van der Waals surface area contributed by atoms with E-state index in [9.17, 15) is 0 Å². The van der Waals surface area contributed by atoms with Gasteiger partial charge in [-0.2, -0.15) is 0 Å². The lowest BCUT2D eigenvalue weighted by atomic mass is 9.81. The van der Waals surface area contributed by atoms with E-state index in [2.05, 4.69) is 265 Å². The predicted molar refractivity (Wildman–Crippen MR) is 271 cm³/mol. The maximum atomic E-state index is 2.59. The third kappa shape index (κ3) is 8.12. The summed E-state index contributed by atoms with van der Waals surface area (Å²) in [6.45, 7) is 28.4. The van der Waals surface area contributed by atoms with Gasteiger partial charge in [0.25, 0.3) is 0 Å². The second-order valence-corrected chi connectivity index (χ2v) is 27.5. The van der Waals surface area contributed by atoms with Crippen LogP contribution in [0.2, 0.25) is 0 Å². The Hall–Kier alpha value is -4.60. The van der Waals surface area contributed by atoms with Crippen molar-refractivity contribution in [3.63, 3.8) is 0 Å². The molecule has 0 fully saturated rings. The molecule has 0 nitrogen and oxygen atoms in total. The molecule has 0 bridgehead atoms. The Morgan fingerprint density at radius 2 is 0.433 bits per heavy atom. The Bertz CT molecular complexity index is 2220. The van der Waals surface area contributed by atoms with Crippen molar-refractivity contribution in [3.8, 4) is 0 Å². The zero-order valence-corrected chi connectivity index (χ0v) is 40.0. The third-order valence-electron chi connectivity index (χ3n) is 12.3. The average molecular weight is 825 g/mol. The molecule has 306 valence electrons. The van der Waals surface area contributed by atoms with Crippen LogP contribution in [0.1, 0.15) is 105 Å². The molecule has 0 radical (unpaired) electrons. The van der Waals surface area contributed by atoms with Gasteiger partial charge >= 0.3 is 0 Å². The van der Waals surface area contributed by atoms with Crippen LogP contribution in [-0.2, 0) is 21.7 Å². The molecule has 0 amide bonds. The molecular formula is C58H66P2+2. The molecule has 0 atom stereocenters. The van der Waals surface area contributed by atoms with Crippen molar-refractivity contribution in [2.24, 2.45) is 0 Å². The highest BCUT2D eigenvalue weighted by atomic mass is 31.2. The van der Waals surface area contributed by atoms with Gasteiger partial charge in [0.05, 0.1) is 0 Å². The summed E-state index contributed by atoms with van der Waals surface area (Å²) in [7, 11) is -5.31. The van der Waals surface area contributed by atoms with E-state index < -0.39 is 14.5 Å². The highest BCUT2D eigenvalue weighted by Gasteiger charge is 2.58. The molecular weight excluding hydrogens is 759 g/mol. The monoisotopic (exact) mass is 824 g/mol. The molecule has 7 rings (SSSR count). The Balaban J connectivity index is 1.79. The lowest BCUT2D eigenvalue weighted by Crippen LogP contribution is -2.50. The molecule has 0 aliphatic rings. The van der Waals surface area contributed by atoms with Crippen molar-refractivity contribution in [1.82, 2.24) is 0 Å². The highest BCUT2D eigenvalue weighted by Crippen LogP contribution is 2.61. The fraction of sp³-hybridized carbons (Fsp3) is 0.276. The van der Waals surface area contributed by atoms with Gasteiger partial charge in [-0.15, -0.1) is 0 Å². The highest BCUT2D eigenvalue weighted by molar-refractivity contribution is 8.06. The van der Waals surface area contributed by atoms with Gasteiger partial charge in [-0.05, 0) is 129 Å². The molecule has 0 unspecified atom stereocenters. The van der Waals surface area contributed by atoms with E-state index in [4.69, 9.17) is 0 Å². The van der Waals surface area contributed by atoms with Gasteiger partial charge in [0.15, 0.2) is 10.6 Å². The topological polar surface area (TPSA) is 0 Å². The number of benzene rings is 7. The molecule has 7 aromatic rings. The number of rotatable bonds is 8. The largest absolute Gasteiger partial charge is 0.153 e. The minimum Gasteiger partial charge on any atom is -0.0620 e. The summed E-state index contributed by atoms with van der Waals surface area (Å²) in [6, 6.07) is 71.1. The molecule has 0 N–H and O–H groups in total. The molecule has 0 aliphatic carbocycles. The molecule has 7 aromatic carbocycles. The van der Waals surface area contributed by atoms with Gasteiger partial charge in [0.1, 0.15) is 46.4 Å². The fourth-order valence-corrected chi connectivity index (χ4v) is 18.3. The third-order valence-corrected chi connectivity index (χ3v) is 21.0. The van der Waals surface area contributed by atoms with Crippen LogP contribution in [0.15, 0.2) is 182 Å². The predicted octanol–water partition coefficient (Wildman–Crippen LogP) is 12.1. The van der Waals surface area contributed by atoms with Gasteiger partial charge < -0.3 is 0 Å². The maximum Gasteiger partial charge on any atom is 0.153 e. The lowest BCUT2D eigenvalue weighted by Gasteiger charge is -2.36. The number of hydrogen-bond acceptors (Lipinski definition) is 0. The summed E-state index contributed by atoms with van der Waals surface area (Å²) >= 11 is 0. The van der Waals surface area contributed by atoms with Crippen LogP contribution in [-0.4, -0.2) is 0 Å². The molecule has 0 aliphatic heterocycles. The zero-order valence-electron chi connectivity index (χ0n) is 38.2. The van der Waals surface area contributed by atoms with Crippen LogP contribution in [0.3, 0.4) is 0 Å². The van der Waals surface area contributed by atoms with Crippen molar-refractivity contribution in [2.45, 2.75) is 105 Å². The summed E-state index contributed by atoms with van der Waals surface area (Å²) in [6.07, 6.45) is 0. The Morgan fingerprint density at radius 1 is 0.233 bits per heavy atom. The molecule has 0 aromatic heterocycles. The molecule has 0 heterocycles. The SMILES string of the molecule is CC(C)(C)c1cc(C(C)(C)C)cc([P+](c2ccccc2)(c2ccccc2)c2ccccc2[P+](c2ccccc2)(c2ccccc2)c2cc(C(C)(C)C)cc(C(C)(C)C)c2)c1. The van der Waals surface area contributed by atoms with E-state index in [0.717, 1.165) is 0 Å². The van der Waals surface area contributed by atoms with Crippen molar-refractivity contribution in [2.75, 3.05) is 0 Å². The summed E-state index contributed by atoms with van der Waals surface area (Å²) in [5, 5.41) is 11.1. The van der Waals surface area contributed by atoms with E-state index in [1.165, 1.54) is 64.7 Å².